The van der Waals surface area contributed by atoms with Crippen LogP contribution in [0, 0.1) is 24.2 Å². The van der Waals surface area contributed by atoms with Crippen LogP contribution in [0.25, 0.3) is 0 Å². The molecule has 0 radical (unpaired) electrons. The Morgan fingerprint density at radius 2 is 1.78 bits per heavy atom. The number of aryl methyl sites for hydroxylation is 1. The molecule has 5 atom stereocenters. The number of hydrogen-bond acceptors (Lipinski definition) is 12. The van der Waals surface area contributed by atoms with Gasteiger partial charge in [0.1, 0.15) is 16.5 Å². The minimum Gasteiger partial charge on any atom is -0.469 e. The first-order chi connectivity index (χ1) is 24.1. The van der Waals surface area contributed by atoms with Gasteiger partial charge in [-0.1, -0.05) is 27.2 Å². The molecule has 2 aliphatic rings. The van der Waals surface area contributed by atoms with Crippen molar-refractivity contribution in [2.24, 2.45) is 17.3 Å². The largest absolute Gasteiger partial charge is 0.469 e. The van der Waals surface area contributed by atoms with Crippen LogP contribution in [0.5, 0.6) is 0 Å². The highest BCUT2D eigenvalue weighted by Crippen LogP contribution is 2.51. The molecule has 51 heavy (non-hydrogen) atoms. The van der Waals surface area contributed by atoms with Gasteiger partial charge in [0.15, 0.2) is 11.9 Å². The molecule has 2 aromatic rings. The van der Waals surface area contributed by atoms with E-state index >= 15 is 0 Å². The minimum absolute atomic E-state index is 0.00253. The van der Waals surface area contributed by atoms with Crippen molar-refractivity contribution in [2.75, 3.05) is 27.7 Å². The summed E-state index contributed by atoms with van der Waals surface area (Å²) in [5.74, 6) is -1.24. The van der Waals surface area contributed by atoms with Crippen molar-refractivity contribution in [3.8, 4) is 0 Å². The Morgan fingerprint density at radius 1 is 1.10 bits per heavy atom. The van der Waals surface area contributed by atoms with Crippen LogP contribution in [-0.4, -0.2) is 100 Å². The van der Waals surface area contributed by atoms with Crippen molar-refractivity contribution in [1.29, 1.82) is 0 Å². The molecule has 1 saturated heterocycles. The average Bonchev–Trinajstić information content (AvgIpc) is 3.69. The number of hydrogen-bond donors (Lipinski definition) is 1. The highest BCUT2D eigenvalue weighted by atomic mass is 32.1. The zero-order valence-corrected chi connectivity index (χ0v) is 32.1. The minimum atomic E-state index is -0.805. The van der Waals surface area contributed by atoms with Crippen LogP contribution in [0.15, 0.2) is 17.8 Å². The van der Waals surface area contributed by atoms with E-state index in [-0.39, 0.29) is 48.2 Å². The molecule has 1 saturated carbocycles. The maximum Gasteiger partial charge on any atom is 0.308 e. The van der Waals surface area contributed by atoms with E-state index in [0.717, 1.165) is 31.4 Å². The van der Waals surface area contributed by atoms with Gasteiger partial charge in [0.25, 0.3) is 5.91 Å². The summed E-state index contributed by atoms with van der Waals surface area (Å²) >= 11 is 1.20. The lowest BCUT2D eigenvalue weighted by atomic mass is 9.88. The average molecular weight is 727 g/mol. The zero-order chi connectivity index (χ0) is 37.5. The molecule has 13 nitrogen and oxygen atoms in total. The molecule has 0 spiro atoms. The summed E-state index contributed by atoms with van der Waals surface area (Å²) in [7, 11) is 5.08. The monoisotopic (exact) mass is 726 g/mol. The standard InChI is InChI=1S/C37H54N6O7S/c1-22(2)29(43(7)36(48)37(12-13-37)18-30(45)28-11-9-10-14-42(28)6)17-31(50-25(5)44)34-41-27(21-51-34)33(46)40-26(15-24(4)35(47)49-8)16-32-38-19-23(3)20-39-32/h19-22,24,26,28-29,31H,9-18H2,1-8H3,(H,40,46)/t24-,26+,28+,29+,31+/m0/s1. The highest BCUT2D eigenvalue weighted by molar-refractivity contribution is 7.09. The van der Waals surface area contributed by atoms with Crippen molar-refractivity contribution < 1.29 is 33.4 Å². The fourth-order valence-electron chi connectivity index (χ4n) is 7.03. The number of ketones is 1. The first kappa shape index (κ1) is 40.0. The third-order valence-corrected chi connectivity index (χ3v) is 11.1. The molecule has 2 fully saturated rings. The van der Waals surface area contributed by atoms with Crippen LogP contribution in [0.1, 0.15) is 112 Å². The van der Waals surface area contributed by atoms with E-state index in [1.807, 2.05) is 27.8 Å². The fourth-order valence-corrected chi connectivity index (χ4v) is 7.87. The first-order valence-corrected chi connectivity index (χ1v) is 18.8. The topological polar surface area (TPSA) is 161 Å². The molecule has 0 aromatic carbocycles. The molecule has 1 aliphatic carbocycles. The molecule has 14 heteroatoms. The number of ether oxygens (including phenoxy) is 2. The molecule has 0 bridgehead atoms. The van der Waals surface area contributed by atoms with Crippen LogP contribution >= 0.6 is 11.3 Å². The Balaban J connectivity index is 1.48. The Bertz CT molecular complexity index is 1540. The number of methoxy groups -OCH3 is 1. The Hall–Kier alpha value is -3.78. The van der Waals surface area contributed by atoms with E-state index in [1.54, 1.807) is 36.6 Å². The second kappa shape index (κ2) is 17.6. The van der Waals surface area contributed by atoms with Gasteiger partial charge < -0.3 is 19.7 Å². The Morgan fingerprint density at radius 3 is 2.37 bits per heavy atom. The van der Waals surface area contributed by atoms with Crippen LogP contribution in [-0.2, 0) is 35.1 Å². The van der Waals surface area contributed by atoms with Gasteiger partial charge in [0.2, 0.25) is 5.91 Å². The maximum absolute atomic E-state index is 14.0. The van der Waals surface area contributed by atoms with Crippen LogP contribution in [0.3, 0.4) is 0 Å². The number of carbonyl (C=O) groups excluding carboxylic acids is 5. The van der Waals surface area contributed by atoms with Crippen molar-refractivity contribution in [1.82, 2.24) is 30.1 Å². The molecular formula is C37H54N6O7S. The summed E-state index contributed by atoms with van der Waals surface area (Å²) in [4.78, 5) is 82.6. The second-order valence-corrected chi connectivity index (χ2v) is 15.6. The number of nitrogens with zero attached hydrogens (tertiary/aromatic N) is 5. The van der Waals surface area contributed by atoms with Gasteiger partial charge >= 0.3 is 11.9 Å². The van der Waals surface area contributed by atoms with Crippen molar-refractivity contribution in [2.45, 2.75) is 117 Å². The number of carbonyl (C=O) groups is 5. The molecule has 3 heterocycles. The molecule has 2 aromatic heterocycles. The predicted octanol–water partition coefficient (Wildman–Crippen LogP) is 4.48. The van der Waals surface area contributed by atoms with Gasteiger partial charge in [-0.3, -0.25) is 28.9 Å². The predicted molar refractivity (Wildman–Crippen MR) is 192 cm³/mol. The number of amides is 2. The van der Waals surface area contributed by atoms with Crippen LogP contribution in [0.2, 0.25) is 0 Å². The Kier molecular flexibility index (Phi) is 13.8. The summed E-state index contributed by atoms with van der Waals surface area (Å²) in [6.45, 7) is 9.84. The van der Waals surface area contributed by atoms with Gasteiger partial charge in [-0.05, 0) is 64.1 Å². The molecule has 1 aliphatic heterocycles. The second-order valence-electron chi connectivity index (χ2n) is 14.8. The lowest BCUT2D eigenvalue weighted by molar-refractivity contribution is -0.149. The maximum atomic E-state index is 14.0. The molecule has 0 unspecified atom stereocenters. The van der Waals surface area contributed by atoms with E-state index in [2.05, 4.69) is 25.2 Å². The van der Waals surface area contributed by atoms with Gasteiger partial charge in [0.05, 0.1) is 24.5 Å². The smallest absolute Gasteiger partial charge is 0.308 e. The summed E-state index contributed by atoms with van der Waals surface area (Å²) in [6.07, 6.45) is 7.97. The molecule has 1 N–H and O–H groups in total. The first-order valence-electron chi connectivity index (χ1n) is 17.9. The van der Waals surface area contributed by atoms with Crippen molar-refractivity contribution in [3.05, 3.63) is 39.9 Å². The van der Waals surface area contributed by atoms with Gasteiger partial charge in [-0.15, -0.1) is 11.3 Å². The SMILES string of the molecule is COC(=O)[C@@H](C)C[C@H](Cc1ncc(C)cn1)NC(=O)c1csc([C@@H](C[C@H](C(C)C)N(C)C(=O)C2(CC(=O)[C@H]3CCCCN3C)CC2)OC(C)=O)n1. The number of likely N-dealkylation sites (tertiary alicyclic amines) is 1. The number of aromatic nitrogens is 3. The summed E-state index contributed by atoms with van der Waals surface area (Å²) < 4.78 is 10.7. The number of rotatable bonds is 17. The lowest BCUT2D eigenvalue weighted by Crippen LogP contribution is -2.47. The number of thiazole rings is 1. The molecular weight excluding hydrogens is 673 g/mol. The van der Waals surface area contributed by atoms with E-state index in [0.29, 0.717) is 36.5 Å². The third kappa shape index (κ3) is 10.6. The van der Waals surface area contributed by atoms with Gasteiger partial charge in [0, 0.05) is 63.1 Å². The van der Waals surface area contributed by atoms with E-state index in [1.165, 1.54) is 25.4 Å². The van der Waals surface area contributed by atoms with E-state index in [9.17, 15) is 24.0 Å². The van der Waals surface area contributed by atoms with Crippen LogP contribution < -0.4 is 5.32 Å². The van der Waals surface area contributed by atoms with E-state index < -0.39 is 41.3 Å². The highest BCUT2D eigenvalue weighted by Gasteiger charge is 2.54. The summed E-state index contributed by atoms with van der Waals surface area (Å²) in [5.41, 5.74) is 0.354. The molecule has 280 valence electrons. The summed E-state index contributed by atoms with van der Waals surface area (Å²) in [5, 5.41) is 5.02. The van der Waals surface area contributed by atoms with Crippen molar-refractivity contribution in [3.63, 3.8) is 0 Å². The third-order valence-electron chi connectivity index (χ3n) is 10.2. The number of piperidine rings is 1. The van der Waals surface area contributed by atoms with E-state index in [4.69, 9.17) is 9.47 Å². The quantitative estimate of drug-likeness (QED) is 0.229. The summed E-state index contributed by atoms with van der Waals surface area (Å²) in [6, 6.07) is -0.956. The number of nitrogens with one attached hydrogen (secondary N) is 1. The number of likely N-dealkylation sites (N-methyl/N-ethyl adjacent to an activating group) is 1. The molecule has 4 rings (SSSR count). The van der Waals surface area contributed by atoms with Gasteiger partial charge in [-0.25, -0.2) is 15.0 Å². The lowest BCUT2D eigenvalue weighted by Gasteiger charge is -2.36. The zero-order valence-electron chi connectivity index (χ0n) is 31.3. The van der Waals surface area contributed by atoms with Crippen LogP contribution in [0.4, 0.5) is 0 Å². The normalized spacial score (nSPS) is 19.4. The van der Waals surface area contributed by atoms with Gasteiger partial charge in [-0.2, -0.15) is 0 Å². The fraction of sp³-hybridized carbons (Fsp3) is 0.676. The number of esters is 2. The Labute approximate surface area is 305 Å². The van der Waals surface area contributed by atoms with Crippen molar-refractivity contribution >= 4 is 40.9 Å². The molecule has 2 amide bonds. The number of Topliss-reactive ketones (excluding diaryl/α,β-unsaturated/α-hetero) is 1.